The largest absolute Gasteiger partial charge is 0.390 e. The molecule has 0 bridgehead atoms. The predicted octanol–water partition coefficient (Wildman–Crippen LogP) is 4.21. The van der Waals surface area contributed by atoms with Gasteiger partial charge >= 0.3 is 0 Å². The molecule has 0 radical (unpaired) electrons. The topological polar surface area (TPSA) is 93.2 Å². The second kappa shape index (κ2) is 7.85. The van der Waals surface area contributed by atoms with Crippen LogP contribution < -0.4 is 5.32 Å². The summed E-state index contributed by atoms with van der Waals surface area (Å²) in [4.78, 5) is 14.2. The second-order valence-corrected chi connectivity index (χ2v) is 9.76. The molecule has 4 heterocycles. The second-order valence-electron chi connectivity index (χ2n) is 9.76. The van der Waals surface area contributed by atoms with E-state index in [1.165, 1.54) is 0 Å². The lowest BCUT2D eigenvalue weighted by Crippen LogP contribution is -2.36. The number of hydrogen-bond acceptors (Lipinski definition) is 6. The highest BCUT2D eigenvalue weighted by Gasteiger charge is 2.29. The van der Waals surface area contributed by atoms with Crippen LogP contribution in [0.4, 0.5) is 5.95 Å². The van der Waals surface area contributed by atoms with Crippen LogP contribution in [0.3, 0.4) is 0 Å². The van der Waals surface area contributed by atoms with E-state index in [2.05, 4.69) is 38.8 Å². The smallest absolute Gasteiger partial charge is 0.241 e. The number of nitrogens with one attached hydrogen (secondary N) is 1. The first-order chi connectivity index (χ1) is 15.3. The average Bonchev–Trinajstić information content (AvgIpc) is 3.29. The Morgan fingerprint density at radius 3 is 2.72 bits per heavy atom. The van der Waals surface area contributed by atoms with Crippen LogP contribution in [-0.4, -0.2) is 45.9 Å². The van der Waals surface area contributed by atoms with E-state index < -0.39 is 5.60 Å². The Kier molecular flexibility index (Phi) is 5.12. The van der Waals surface area contributed by atoms with Gasteiger partial charge in [0.25, 0.3) is 0 Å². The van der Waals surface area contributed by atoms with Gasteiger partial charge in [-0.3, -0.25) is 0 Å². The summed E-state index contributed by atoms with van der Waals surface area (Å²) in [5, 5.41) is 18.3. The quantitative estimate of drug-likeness (QED) is 0.490. The summed E-state index contributed by atoms with van der Waals surface area (Å²) in [7, 11) is 0. The van der Waals surface area contributed by atoms with E-state index >= 15 is 0 Å². The number of rotatable bonds is 5. The van der Waals surface area contributed by atoms with E-state index in [0.717, 1.165) is 66.0 Å². The number of pyridine rings is 1. The molecule has 5 rings (SSSR count). The summed E-state index contributed by atoms with van der Waals surface area (Å²) in [5.74, 6) is 2.12. The first-order valence-corrected chi connectivity index (χ1v) is 11.5. The number of fused-ring (bicyclic) bond motifs is 2. The maximum Gasteiger partial charge on any atom is 0.241 e. The van der Waals surface area contributed by atoms with E-state index in [1.807, 2.05) is 49.0 Å². The van der Waals surface area contributed by atoms with Crippen molar-refractivity contribution in [1.82, 2.24) is 29.1 Å². The molecule has 2 N–H and O–H groups in total. The van der Waals surface area contributed by atoms with Gasteiger partial charge in [0, 0.05) is 24.3 Å². The van der Waals surface area contributed by atoms with Crippen LogP contribution >= 0.6 is 0 Å². The van der Waals surface area contributed by atoms with Crippen LogP contribution in [-0.2, 0) is 6.54 Å². The Bertz CT molecular complexity index is 1260. The third-order valence-electron chi connectivity index (χ3n) is 6.42. The highest BCUT2D eigenvalue weighted by molar-refractivity contribution is 5.82. The molecule has 0 aliphatic heterocycles. The summed E-state index contributed by atoms with van der Waals surface area (Å²) >= 11 is 0. The predicted molar refractivity (Wildman–Crippen MR) is 126 cm³/mol. The van der Waals surface area contributed by atoms with Crippen molar-refractivity contribution in [1.29, 1.82) is 0 Å². The SMILES string of the molecule is Cc1nc2ccc(-c3ccn4nc(N[C@H]5CC[C@@](C)(O)CC5)ncc34)nc2n1CC(C)C. The molecule has 1 aliphatic carbocycles. The van der Waals surface area contributed by atoms with Crippen LogP contribution in [0.5, 0.6) is 0 Å². The maximum absolute atomic E-state index is 10.2. The lowest BCUT2D eigenvalue weighted by Gasteiger charge is -2.33. The highest BCUT2D eigenvalue weighted by atomic mass is 16.3. The molecule has 0 amide bonds. The van der Waals surface area contributed by atoms with Gasteiger partial charge in [-0.1, -0.05) is 13.8 Å². The van der Waals surface area contributed by atoms with Crippen LogP contribution in [0.15, 0.2) is 30.6 Å². The Morgan fingerprint density at radius 2 is 1.97 bits per heavy atom. The van der Waals surface area contributed by atoms with Crippen molar-refractivity contribution in [2.45, 2.75) is 71.6 Å². The molecule has 0 unspecified atom stereocenters. The molecule has 32 heavy (non-hydrogen) atoms. The van der Waals surface area contributed by atoms with Crippen LogP contribution in [0.1, 0.15) is 52.3 Å². The minimum absolute atomic E-state index is 0.288. The standard InChI is InChI=1S/C24H31N7O/c1-15(2)14-30-16(3)26-20-6-5-19(28-22(20)30)18-9-12-31-21(18)13-25-23(29-31)27-17-7-10-24(4,32)11-8-17/h5-6,9,12-13,15,17,32H,7-8,10-11,14H2,1-4H3,(H,27,29)/t17-,24+. The molecule has 0 saturated heterocycles. The molecule has 1 aliphatic rings. The zero-order valence-corrected chi connectivity index (χ0v) is 19.2. The minimum atomic E-state index is -0.546. The first kappa shape index (κ1) is 20.9. The number of aliphatic hydroxyl groups is 1. The summed E-state index contributed by atoms with van der Waals surface area (Å²) < 4.78 is 4.05. The molecule has 1 fully saturated rings. The summed E-state index contributed by atoms with van der Waals surface area (Å²) in [6.07, 6.45) is 7.22. The maximum atomic E-state index is 10.2. The minimum Gasteiger partial charge on any atom is -0.390 e. The molecule has 8 heteroatoms. The fourth-order valence-electron chi connectivity index (χ4n) is 4.60. The van der Waals surface area contributed by atoms with Crippen molar-refractivity contribution in [2.24, 2.45) is 5.92 Å². The van der Waals surface area contributed by atoms with Gasteiger partial charge in [-0.2, -0.15) is 0 Å². The summed E-state index contributed by atoms with van der Waals surface area (Å²) in [6.45, 7) is 9.25. The first-order valence-electron chi connectivity index (χ1n) is 11.5. The zero-order chi connectivity index (χ0) is 22.5. The molecule has 0 atom stereocenters. The number of nitrogens with zero attached hydrogens (tertiary/aromatic N) is 6. The van der Waals surface area contributed by atoms with Crippen LogP contribution in [0, 0.1) is 12.8 Å². The van der Waals surface area contributed by atoms with Crippen molar-refractivity contribution < 1.29 is 5.11 Å². The van der Waals surface area contributed by atoms with Gasteiger partial charge in [0.05, 0.1) is 23.0 Å². The molecule has 4 aromatic heterocycles. The fourth-order valence-corrected chi connectivity index (χ4v) is 4.60. The van der Waals surface area contributed by atoms with E-state index in [-0.39, 0.29) is 6.04 Å². The van der Waals surface area contributed by atoms with Gasteiger partial charge in [0.1, 0.15) is 11.3 Å². The van der Waals surface area contributed by atoms with Crippen LogP contribution in [0.25, 0.3) is 27.9 Å². The normalized spacial score (nSPS) is 21.6. The number of imidazole rings is 1. The van der Waals surface area contributed by atoms with Gasteiger partial charge in [0.2, 0.25) is 5.95 Å². The molecule has 168 valence electrons. The Hall–Kier alpha value is -3.00. The molecule has 0 spiro atoms. The number of hydrogen-bond donors (Lipinski definition) is 2. The van der Waals surface area contributed by atoms with E-state index in [9.17, 15) is 5.11 Å². The Morgan fingerprint density at radius 1 is 1.19 bits per heavy atom. The Labute approximate surface area is 187 Å². The third kappa shape index (κ3) is 3.95. The summed E-state index contributed by atoms with van der Waals surface area (Å²) in [6, 6.07) is 6.38. The van der Waals surface area contributed by atoms with Crippen molar-refractivity contribution in [3.05, 3.63) is 36.4 Å². The van der Waals surface area contributed by atoms with Gasteiger partial charge in [0.15, 0.2) is 5.65 Å². The van der Waals surface area contributed by atoms with Gasteiger partial charge in [-0.05, 0) is 63.6 Å². The van der Waals surface area contributed by atoms with Crippen molar-refractivity contribution in [3.63, 3.8) is 0 Å². The monoisotopic (exact) mass is 433 g/mol. The molecular weight excluding hydrogens is 402 g/mol. The molecule has 4 aromatic rings. The number of aryl methyl sites for hydroxylation is 1. The molecule has 0 aromatic carbocycles. The zero-order valence-electron chi connectivity index (χ0n) is 19.2. The van der Waals surface area contributed by atoms with E-state index in [0.29, 0.717) is 11.9 Å². The lowest BCUT2D eigenvalue weighted by atomic mass is 9.84. The van der Waals surface area contributed by atoms with Gasteiger partial charge in [-0.25, -0.2) is 19.5 Å². The highest BCUT2D eigenvalue weighted by Crippen LogP contribution is 2.30. The van der Waals surface area contributed by atoms with Crippen molar-refractivity contribution in [3.8, 4) is 11.3 Å². The van der Waals surface area contributed by atoms with Crippen LogP contribution in [0.2, 0.25) is 0 Å². The lowest BCUT2D eigenvalue weighted by molar-refractivity contribution is 0.0195. The summed E-state index contributed by atoms with van der Waals surface area (Å²) in [5.41, 5.74) is 4.10. The average molecular weight is 434 g/mol. The number of anilines is 1. The molecular formula is C24H31N7O. The molecule has 1 saturated carbocycles. The van der Waals surface area contributed by atoms with Crippen molar-refractivity contribution in [2.75, 3.05) is 5.32 Å². The third-order valence-corrected chi connectivity index (χ3v) is 6.42. The molecule has 8 nitrogen and oxygen atoms in total. The van der Waals surface area contributed by atoms with Gasteiger partial charge < -0.3 is 15.0 Å². The van der Waals surface area contributed by atoms with Crippen molar-refractivity contribution >= 4 is 22.6 Å². The van der Waals surface area contributed by atoms with E-state index in [1.54, 1.807) is 0 Å². The number of aromatic nitrogens is 6. The van der Waals surface area contributed by atoms with E-state index in [4.69, 9.17) is 4.98 Å². The fraction of sp³-hybridized carbons (Fsp3) is 0.500. The Balaban J connectivity index is 1.43. The van der Waals surface area contributed by atoms with Gasteiger partial charge in [-0.15, -0.1) is 5.10 Å².